The summed E-state index contributed by atoms with van der Waals surface area (Å²) in [7, 11) is 0. The van der Waals surface area contributed by atoms with Gasteiger partial charge < -0.3 is 10.2 Å². The Labute approximate surface area is 130 Å². The lowest BCUT2D eigenvalue weighted by Gasteiger charge is -2.12. The summed E-state index contributed by atoms with van der Waals surface area (Å²) in [6, 6.07) is 13.3. The Hall–Kier alpha value is -1.85. The molecule has 0 saturated carbocycles. The number of halogens is 1. The van der Waals surface area contributed by atoms with Gasteiger partial charge in [-0.3, -0.25) is 4.57 Å². The number of hydrogen-bond donors (Lipinski definition) is 1. The molecule has 0 amide bonds. The van der Waals surface area contributed by atoms with Crippen LogP contribution in [0, 0.1) is 0 Å². The predicted octanol–water partition coefficient (Wildman–Crippen LogP) is 3.43. The molecule has 1 unspecified atom stereocenters. The highest BCUT2D eigenvalue weighted by molar-refractivity contribution is 9.10. The van der Waals surface area contributed by atoms with Crippen LogP contribution in [0.5, 0.6) is 0 Å². The molecule has 0 aliphatic heterocycles. The van der Waals surface area contributed by atoms with Gasteiger partial charge in [0.05, 0.1) is 11.6 Å². The Morgan fingerprint density at radius 2 is 1.86 bits per heavy atom. The molecule has 1 aromatic heterocycles. The number of fused-ring (bicyclic) bond motifs is 1. The Bertz CT molecular complexity index is 834. The Morgan fingerprint density at radius 1 is 1.19 bits per heavy atom. The van der Waals surface area contributed by atoms with E-state index >= 15 is 0 Å². The molecule has 1 atom stereocenters. The molecule has 0 spiro atoms. The number of benzene rings is 2. The highest BCUT2D eigenvalue weighted by Gasteiger charge is 2.13. The number of nitrogens with two attached hydrogens (primary N) is 1. The van der Waals surface area contributed by atoms with E-state index in [1.54, 1.807) is 4.57 Å². The van der Waals surface area contributed by atoms with Gasteiger partial charge in [0, 0.05) is 11.0 Å². The lowest BCUT2D eigenvalue weighted by molar-refractivity contribution is 0.513. The van der Waals surface area contributed by atoms with E-state index in [1.165, 1.54) is 0 Å². The quantitative estimate of drug-likeness (QED) is 0.790. The van der Waals surface area contributed by atoms with Crippen molar-refractivity contribution in [2.24, 2.45) is 5.73 Å². The van der Waals surface area contributed by atoms with Crippen molar-refractivity contribution in [2.75, 3.05) is 0 Å². The van der Waals surface area contributed by atoms with E-state index in [2.05, 4.69) is 15.9 Å². The number of nitrogens with zero attached hydrogens (tertiary/aromatic N) is 1. The summed E-state index contributed by atoms with van der Waals surface area (Å²) in [5.41, 5.74) is 9.60. The highest BCUT2D eigenvalue weighted by atomic mass is 79.9. The summed E-state index contributed by atoms with van der Waals surface area (Å²) in [6.07, 6.45) is 0. The second kappa shape index (κ2) is 5.50. The van der Waals surface area contributed by atoms with E-state index in [1.807, 2.05) is 49.4 Å². The highest BCUT2D eigenvalue weighted by Crippen LogP contribution is 2.24. The fourth-order valence-electron chi connectivity index (χ4n) is 2.44. The lowest BCUT2D eigenvalue weighted by Crippen LogP contribution is -2.12. The van der Waals surface area contributed by atoms with Crippen LogP contribution in [0.1, 0.15) is 24.1 Å². The summed E-state index contributed by atoms with van der Waals surface area (Å²) in [5.74, 6) is -0.332. The molecule has 1 heterocycles. The Morgan fingerprint density at radius 3 is 2.52 bits per heavy atom. The first-order valence-electron chi connectivity index (χ1n) is 6.74. The standard InChI is InChI=1S/C16H15BrN2O2/c1-2-19-13-8-5-11(9-14(13)21-16(19)20)15(18)10-3-6-12(17)7-4-10/h3-9,15H,2,18H2,1H3. The van der Waals surface area contributed by atoms with E-state index in [4.69, 9.17) is 10.2 Å². The zero-order valence-electron chi connectivity index (χ0n) is 11.5. The van der Waals surface area contributed by atoms with Gasteiger partial charge in [0.1, 0.15) is 0 Å². The summed E-state index contributed by atoms with van der Waals surface area (Å²) in [5, 5.41) is 0. The van der Waals surface area contributed by atoms with E-state index < -0.39 is 0 Å². The van der Waals surface area contributed by atoms with Crippen molar-refractivity contribution in [2.45, 2.75) is 19.5 Å². The molecule has 21 heavy (non-hydrogen) atoms. The molecule has 2 aromatic carbocycles. The van der Waals surface area contributed by atoms with Crippen molar-refractivity contribution in [3.05, 3.63) is 68.6 Å². The van der Waals surface area contributed by atoms with Crippen LogP contribution < -0.4 is 11.5 Å². The van der Waals surface area contributed by atoms with Crippen molar-refractivity contribution in [3.8, 4) is 0 Å². The van der Waals surface area contributed by atoms with Gasteiger partial charge in [-0.25, -0.2) is 4.79 Å². The van der Waals surface area contributed by atoms with Gasteiger partial charge in [0.2, 0.25) is 0 Å². The average molecular weight is 347 g/mol. The maximum atomic E-state index is 11.7. The van der Waals surface area contributed by atoms with Crippen molar-refractivity contribution in [1.82, 2.24) is 4.57 Å². The van der Waals surface area contributed by atoms with Crippen molar-refractivity contribution in [3.63, 3.8) is 0 Å². The van der Waals surface area contributed by atoms with Gasteiger partial charge in [-0.1, -0.05) is 34.1 Å². The smallest absolute Gasteiger partial charge is 0.408 e. The molecule has 0 aliphatic carbocycles. The maximum Gasteiger partial charge on any atom is 0.419 e. The summed E-state index contributed by atoms with van der Waals surface area (Å²) >= 11 is 3.41. The molecule has 0 bridgehead atoms. The summed E-state index contributed by atoms with van der Waals surface area (Å²) in [6.45, 7) is 2.50. The molecule has 0 fully saturated rings. The zero-order chi connectivity index (χ0) is 15.0. The molecule has 0 saturated heterocycles. The van der Waals surface area contributed by atoms with Crippen LogP contribution in [0.4, 0.5) is 0 Å². The molecular weight excluding hydrogens is 332 g/mol. The van der Waals surface area contributed by atoms with Crippen molar-refractivity contribution in [1.29, 1.82) is 0 Å². The summed E-state index contributed by atoms with van der Waals surface area (Å²) in [4.78, 5) is 11.7. The maximum absolute atomic E-state index is 11.7. The van der Waals surface area contributed by atoms with Gasteiger partial charge in [-0.05, 0) is 42.3 Å². The molecular formula is C16H15BrN2O2. The van der Waals surface area contributed by atoms with Gasteiger partial charge in [-0.2, -0.15) is 0 Å². The average Bonchev–Trinajstić information content (AvgIpc) is 2.81. The molecule has 3 rings (SSSR count). The number of rotatable bonds is 3. The van der Waals surface area contributed by atoms with Crippen LogP contribution in [-0.2, 0) is 6.54 Å². The predicted molar refractivity (Wildman–Crippen MR) is 86.3 cm³/mol. The van der Waals surface area contributed by atoms with Crippen LogP contribution in [0.25, 0.3) is 11.1 Å². The first kappa shape index (κ1) is 14.1. The molecule has 0 aliphatic rings. The second-order valence-corrected chi connectivity index (χ2v) is 5.78. The number of hydrogen-bond acceptors (Lipinski definition) is 3. The fraction of sp³-hybridized carbons (Fsp3) is 0.188. The third-order valence-corrected chi connectivity index (χ3v) is 4.13. The van der Waals surface area contributed by atoms with Gasteiger partial charge in [0.15, 0.2) is 5.58 Å². The molecule has 3 aromatic rings. The monoisotopic (exact) mass is 346 g/mol. The van der Waals surface area contributed by atoms with E-state index in [9.17, 15) is 4.79 Å². The minimum Gasteiger partial charge on any atom is -0.408 e. The van der Waals surface area contributed by atoms with Crippen LogP contribution in [0.15, 0.2) is 56.1 Å². The van der Waals surface area contributed by atoms with Crippen molar-refractivity contribution >= 4 is 27.0 Å². The van der Waals surface area contributed by atoms with Crippen LogP contribution in [-0.4, -0.2) is 4.57 Å². The number of aromatic nitrogens is 1. The van der Waals surface area contributed by atoms with Crippen LogP contribution in [0.3, 0.4) is 0 Å². The first-order chi connectivity index (χ1) is 10.1. The number of aryl methyl sites for hydroxylation is 1. The minimum absolute atomic E-state index is 0.252. The topological polar surface area (TPSA) is 61.2 Å². The largest absolute Gasteiger partial charge is 0.419 e. The molecule has 0 radical (unpaired) electrons. The van der Waals surface area contributed by atoms with E-state index in [0.717, 1.165) is 21.1 Å². The second-order valence-electron chi connectivity index (χ2n) is 4.87. The van der Waals surface area contributed by atoms with E-state index in [-0.39, 0.29) is 11.8 Å². The summed E-state index contributed by atoms with van der Waals surface area (Å²) < 4.78 is 7.90. The molecule has 4 nitrogen and oxygen atoms in total. The van der Waals surface area contributed by atoms with Crippen molar-refractivity contribution < 1.29 is 4.42 Å². The van der Waals surface area contributed by atoms with Gasteiger partial charge in [-0.15, -0.1) is 0 Å². The number of oxazole rings is 1. The minimum atomic E-state index is -0.332. The third-order valence-electron chi connectivity index (χ3n) is 3.60. The molecule has 2 N–H and O–H groups in total. The normalized spacial score (nSPS) is 12.7. The van der Waals surface area contributed by atoms with Gasteiger partial charge in [0.25, 0.3) is 0 Å². The lowest BCUT2D eigenvalue weighted by atomic mass is 9.99. The molecule has 108 valence electrons. The van der Waals surface area contributed by atoms with Crippen LogP contribution in [0.2, 0.25) is 0 Å². The Kier molecular flexibility index (Phi) is 3.69. The zero-order valence-corrected chi connectivity index (χ0v) is 13.1. The molecule has 5 heteroatoms. The van der Waals surface area contributed by atoms with E-state index in [0.29, 0.717) is 12.1 Å². The first-order valence-corrected chi connectivity index (χ1v) is 7.53. The van der Waals surface area contributed by atoms with Gasteiger partial charge >= 0.3 is 5.76 Å². The third kappa shape index (κ3) is 2.54. The Balaban J connectivity index is 2.04. The fourth-order valence-corrected chi connectivity index (χ4v) is 2.70. The van der Waals surface area contributed by atoms with Crippen LogP contribution >= 0.6 is 15.9 Å². The SMILES string of the molecule is CCn1c(=O)oc2cc(C(N)c3ccc(Br)cc3)ccc21.